The standard InChI is InChI=1S/C37H33NO/c1-36(2,3)22-23-13-15-24(16-14-23)25-19-20-38-31(21-25)27-10-8-11-28-34-32(39-35(27)28)18-17-30-33(34)26-9-6-7-12-29(26)37(30,4)5/h6-21H,22H2,1-5H3/i22D2. The minimum absolute atomic E-state index is 0.0702. The van der Waals surface area contributed by atoms with Gasteiger partial charge >= 0.3 is 0 Å². The molecule has 1 aliphatic rings. The summed E-state index contributed by atoms with van der Waals surface area (Å²) >= 11 is 0. The van der Waals surface area contributed by atoms with Crippen LogP contribution in [0.25, 0.3) is 55.4 Å². The van der Waals surface area contributed by atoms with Crippen LogP contribution in [0.2, 0.25) is 0 Å². The molecule has 2 nitrogen and oxygen atoms in total. The molecule has 0 unspecified atom stereocenters. The highest BCUT2D eigenvalue weighted by Crippen LogP contribution is 2.53. The van der Waals surface area contributed by atoms with Crippen molar-refractivity contribution >= 4 is 21.9 Å². The van der Waals surface area contributed by atoms with E-state index in [2.05, 4.69) is 74.5 Å². The molecule has 7 rings (SSSR count). The van der Waals surface area contributed by atoms with Crippen molar-refractivity contribution in [3.63, 3.8) is 0 Å². The predicted molar refractivity (Wildman–Crippen MR) is 163 cm³/mol. The highest BCUT2D eigenvalue weighted by molar-refractivity contribution is 6.17. The molecule has 192 valence electrons. The largest absolute Gasteiger partial charge is 0.455 e. The molecule has 0 radical (unpaired) electrons. The Morgan fingerprint density at radius 3 is 2.36 bits per heavy atom. The molecule has 0 saturated carbocycles. The van der Waals surface area contributed by atoms with Gasteiger partial charge in [-0.15, -0.1) is 0 Å². The summed E-state index contributed by atoms with van der Waals surface area (Å²) in [5.41, 5.74) is 10.9. The Kier molecular flexibility index (Phi) is 4.69. The molecule has 0 fully saturated rings. The number of aromatic nitrogens is 1. The fourth-order valence-electron chi connectivity index (χ4n) is 6.22. The first-order chi connectivity index (χ1) is 19.5. The molecule has 2 aromatic heterocycles. The van der Waals surface area contributed by atoms with Crippen molar-refractivity contribution in [1.82, 2.24) is 4.98 Å². The van der Waals surface area contributed by atoms with E-state index in [1.54, 1.807) is 0 Å². The van der Waals surface area contributed by atoms with E-state index in [9.17, 15) is 0 Å². The van der Waals surface area contributed by atoms with Crippen molar-refractivity contribution in [1.29, 1.82) is 0 Å². The number of benzene rings is 4. The summed E-state index contributed by atoms with van der Waals surface area (Å²) in [6.07, 6.45) is 0.409. The highest BCUT2D eigenvalue weighted by atomic mass is 16.3. The van der Waals surface area contributed by atoms with E-state index in [1.807, 2.05) is 57.3 Å². The molecule has 0 aliphatic heterocycles. The Balaban J connectivity index is 1.36. The van der Waals surface area contributed by atoms with Crippen molar-refractivity contribution in [2.24, 2.45) is 5.41 Å². The van der Waals surface area contributed by atoms with E-state index in [0.717, 1.165) is 44.3 Å². The van der Waals surface area contributed by atoms with Gasteiger partial charge in [0.2, 0.25) is 0 Å². The van der Waals surface area contributed by atoms with Gasteiger partial charge in [0.1, 0.15) is 11.2 Å². The van der Waals surface area contributed by atoms with Crippen LogP contribution in [0, 0.1) is 5.41 Å². The zero-order valence-corrected chi connectivity index (χ0v) is 23.1. The third-order valence-corrected chi connectivity index (χ3v) is 7.98. The molecule has 6 aromatic rings. The molecule has 0 spiro atoms. The summed E-state index contributed by atoms with van der Waals surface area (Å²) in [5.74, 6) is 0. The van der Waals surface area contributed by atoms with Crippen molar-refractivity contribution in [3.8, 4) is 33.5 Å². The van der Waals surface area contributed by atoms with Crippen LogP contribution < -0.4 is 0 Å². The van der Waals surface area contributed by atoms with Gasteiger partial charge in [-0.2, -0.15) is 0 Å². The monoisotopic (exact) mass is 509 g/mol. The second kappa shape index (κ2) is 8.41. The van der Waals surface area contributed by atoms with Crippen LogP contribution in [0.15, 0.2) is 102 Å². The summed E-state index contributed by atoms with van der Waals surface area (Å²) in [4.78, 5) is 4.76. The van der Waals surface area contributed by atoms with Crippen molar-refractivity contribution in [2.75, 3.05) is 0 Å². The van der Waals surface area contributed by atoms with Gasteiger partial charge < -0.3 is 4.42 Å². The first-order valence-electron chi connectivity index (χ1n) is 14.6. The van der Waals surface area contributed by atoms with Gasteiger partial charge in [0.15, 0.2) is 0 Å². The van der Waals surface area contributed by atoms with Gasteiger partial charge in [0.25, 0.3) is 0 Å². The summed E-state index contributed by atoms with van der Waals surface area (Å²) in [6.45, 7) is 10.4. The molecule has 2 heterocycles. The molecule has 39 heavy (non-hydrogen) atoms. The van der Waals surface area contributed by atoms with E-state index in [-0.39, 0.29) is 5.41 Å². The van der Waals surface area contributed by atoms with Crippen molar-refractivity contribution in [2.45, 2.75) is 46.4 Å². The maximum atomic E-state index is 8.62. The lowest BCUT2D eigenvalue weighted by atomic mass is 9.82. The molecular weight excluding hydrogens is 474 g/mol. The molecule has 0 saturated heterocycles. The number of hydrogen-bond donors (Lipinski definition) is 0. The maximum absolute atomic E-state index is 8.62. The van der Waals surface area contributed by atoms with E-state index >= 15 is 0 Å². The topological polar surface area (TPSA) is 26.0 Å². The molecule has 0 bridgehead atoms. The summed E-state index contributed by atoms with van der Waals surface area (Å²) in [7, 11) is 0. The minimum atomic E-state index is -1.43. The van der Waals surface area contributed by atoms with E-state index in [4.69, 9.17) is 12.1 Å². The number of nitrogens with zero attached hydrogens (tertiary/aromatic N) is 1. The molecule has 0 amide bonds. The zero-order valence-electron chi connectivity index (χ0n) is 25.1. The van der Waals surface area contributed by atoms with Gasteiger partial charge in [-0.3, -0.25) is 4.98 Å². The Labute approximate surface area is 233 Å². The van der Waals surface area contributed by atoms with Gasteiger partial charge in [-0.05, 0) is 75.0 Å². The summed E-state index contributed by atoms with van der Waals surface area (Å²) in [6, 6.07) is 31.3. The molecule has 0 atom stereocenters. The summed E-state index contributed by atoms with van der Waals surface area (Å²) in [5, 5.41) is 2.26. The van der Waals surface area contributed by atoms with Gasteiger partial charge in [0.05, 0.1) is 5.69 Å². The third-order valence-electron chi connectivity index (χ3n) is 7.98. The van der Waals surface area contributed by atoms with Crippen LogP contribution in [0.4, 0.5) is 0 Å². The Bertz CT molecular complexity index is 1970. The number of hydrogen-bond acceptors (Lipinski definition) is 2. The van der Waals surface area contributed by atoms with Crippen LogP contribution in [-0.4, -0.2) is 4.98 Å². The fraction of sp³-hybridized carbons (Fsp3) is 0.216. The lowest BCUT2D eigenvalue weighted by Crippen LogP contribution is -2.14. The van der Waals surface area contributed by atoms with E-state index in [0.29, 0.717) is 5.56 Å². The number of rotatable bonds is 3. The minimum Gasteiger partial charge on any atom is -0.455 e. The molecular formula is C37H33NO. The molecule has 2 heteroatoms. The maximum Gasteiger partial charge on any atom is 0.144 e. The van der Waals surface area contributed by atoms with Crippen molar-refractivity contribution in [3.05, 3.63) is 114 Å². The predicted octanol–water partition coefficient (Wildman–Crippen LogP) is 10.2. The first kappa shape index (κ1) is 21.7. The lowest BCUT2D eigenvalue weighted by molar-refractivity contribution is 0.411. The number of fused-ring (bicyclic) bond motifs is 7. The number of para-hydroxylation sites is 1. The average molecular weight is 510 g/mol. The van der Waals surface area contributed by atoms with Crippen LogP contribution in [0.1, 0.15) is 54.1 Å². The number of pyridine rings is 1. The van der Waals surface area contributed by atoms with E-state index in [1.165, 1.54) is 22.3 Å². The van der Waals surface area contributed by atoms with E-state index < -0.39 is 11.8 Å². The second-order valence-corrected chi connectivity index (χ2v) is 12.2. The first-order valence-corrected chi connectivity index (χ1v) is 13.6. The second-order valence-electron chi connectivity index (χ2n) is 12.2. The van der Waals surface area contributed by atoms with Crippen molar-refractivity contribution < 1.29 is 7.16 Å². The Morgan fingerprint density at radius 1 is 0.795 bits per heavy atom. The SMILES string of the molecule is [2H]C([2H])(c1ccc(-c2ccnc(-c3cccc4c3oc3ccc5c(c34)-c3ccccc3C5(C)C)c2)cc1)C(C)(C)C. The molecule has 1 aliphatic carbocycles. The van der Waals surface area contributed by atoms with Crippen LogP contribution >= 0.6 is 0 Å². The Hall–Kier alpha value is -4.17. The normalized spacial score (nSPS) is 15.2. The smallest absolute Gasteiger partial charge is 0.144 e. The van der Waals surface area contributed by atoms with Gasteiger partial charge in [-0.25, -0.2) is 0 Å². The van der Waals surface area contributed by atoms with Gasteiger partial charge in [0, 0.05) is 30.7 Å². The quantitative estimate of drug-likeness (QED) is 0.237. The molecule has 0 N–H and O–H groups in total. The number of furan rings is 1. The third kappa shape index (κ3) is 3.81. The van der Waals surface area contributed by atoms with Gasteiger partial charge in [-0.1, -0.05) is 101 Å². The van der Waals surface area contributed by atoms with Crippen LogP contribution in [0.5, 0.6) is 0 Å². The fourth-order valence-corrected chi connectivity index (χ4v) is 6.22. The zero-order chi connectivity index (χ0) is 28.7. The summed E-state index contributed by atoms with van der Waals surface area (Å²) < 4.78 is 23.8. The van der Waals surface area contributed by atoms with Crippen LogP contribution in [0.3, 0.4) is 0 Å². The van der Waals surface area contributed by atoms with Crippen LogP contribution in [-0.2, 0) is 11.8 Å². The average Bonchev–Trinajstić information content (AvgIpc) is 3.45. The lowest BCUT2D eigenvalue weighted by Gasteiger charge is -2.21. The molecule has 4 aromatic carbocycles. The highest BCUT2D eigenvalue weighted by Gasteiger charge is 2.37. The Morgan fingerprint density at radius 2 is 1.56 bits per heavy atom.